The van der Waals surface area contributed by atoms with Crippen molar-refractivity contribution in [3.8, 4) is 11.5 Å². The first kappa shape index (κ1) is 26.7. The molecule has 1 aromatic heterocycles. The van der Waals surface area contributed by atoms with Crippen molar-refractivity contribution in [1.82, 2.24) is 10.3 Å². The minimum Gasteiger partial charge on any atom is -0.490 e. The molecule has 0 atom stereocenters. The Morgan fingerprint density at radius 3 is 2.81 bits per heavy atom. The topological polar surface area (TPSA) is 77.0 Å². The first-order valence-corrected chi connectivity index (χ1v) is 11.9. The molecule has 0 unspecified atom stereocenters. The lowest BCUT2D eigenvalue weighted by molar-refractivity contribution is 0.109. The lowest BCUT2D eigenvalue weighted by atomic mass is 10.2. The molecule has 7 nitrogen and oxygen atoms in total. The Morgan fingerprint density at radius 2 is 2.06 bits per heavy atom. The van der Waals surface area contributed by atoms with E-state index in [1.165, 1.54) is 0 Å². The van der Waals surface area contributed by atoms with Gasteiger partial charge in [-0.2, -0.15) is 0 Å². The van der Waals surface area contributed by atoms with Crippen molar-refractivity contribution < 1.29 is 14.2 Å². The van der Waals surface area contributed by atoms with E-state index in [0.29, 0.717) is 25.7 Å². The highest BCUT2D eigenvalue weighted by atomic mass is 127. The predicted octanol–water partition coefficient (Wildman–Crippen LogP) is 4.89. The molecule has 0 amide bonds. The van der Waals surface area contributed by atoms with Gasteiger partial charge in [0.15, 0.2) is 17.5 Å². The summed E-state index contributed by atoms with van der Waals surface area (Å²) in [6.45, 7) is 10.6. The van der Waals surface area contributed by atoms with Crippen molar-refractivity contribution in [2.75, 3.05) is 44.8 Å². The highest BCUT2D eigenvalue weighted by Gasteiger charge is 2.11. The predicted molar refractivity (Wildman–Crippen MR) is 142 cm³/mol. The lowest BCUT2D eigenvalue weighted by Gasteiger charge is -2.14. The molecule has 0 saturated heterocycles. The van der Waals surface area contributed by atoms with E-state index in [4.69, 9.17) is 19.2 Å². The van der Waals surface area contributed by atoms with E-state index in [0.717, 1.165) is 72.9 Å². The second kappa shape index (κ2) is 14.5. The van der Waals surface area contributed by atoms with Crippen molar-refractivity contribution in [3.05, 3.63) is 34.3 Å². The Labute approximate surface area is 212 Å². The number of ether oxygens (including phenoxy) is 3. The summed E-state index contributed by atoms with van der Waals surface area (Å²) in [5.74, 6) is 2.85. The Bertz CT molecular complexity index is 844. The van der Waals surface area contributed by atoms with Gasteiger partial charge in [-0.15, -0.1) is 35.3 Å². The second-order valence-electron chi connectivity index (χ2n) is 7.92. The third-order valence-electron chi connectivity index (χ3n) is 4.52. The number of nitrogens with one attached hydrogen (secondary N) is 2. The summed E-state index contributed by atoms with van der Waals surface area (Å²) in [4.78, 5) is 9.26. The highest BCUT2D eigenvalue weighted by molar-refractivity contribution is 14.0. The number of hydrogen-bond acceptors (Lipinski definition) is 6. The molecule has 3 rings (SSSR count). The molecule has 0 fully saturated rings. The minimum absolute atomic E-state index is 0. The van der Waals surface area contributed by atoms with E-state index < -0.39 is 0 Å². The molecule has 32 heavy (non-hydrogen) atoms. The molecule has 0 radical (unpaired) electrons. The third-order valence-corrected chi connectivity index (χ3v) is 5.34. The van der Waals surface area contributed by atoms with Crippen LogP contribution in [0.3, 0.4) is 0 Å². The van der Waals surface area contributed by atoms with Crippen molar-refractivity contribution >= 4 is 47.0 Å². The summed E-state index contributed by atoms with van der Waals surface area (Å²) < 4.78 is 17.2. The van der Waals surface area contributed by atoms with E-state index >= 15 is 0 Å². The smallest absolute Gasteiger partial charge is 0.195 e. The molecular weight excluding hydrogens is 539 g/mol. The number of aromatic nitrogens is 1. The van der Waals surface area contributed by atoms with Crippen LogP contribution in [-0.4, -0.2) is 50.5 Å². The number of aliphatic imine (C=N–C) groups is 1. The summed E-state index contributed by atoms with van der Waals surface area (Å²) in [6, 6.07) is 5.89. The quantitative estimate of drug-likeness (QED) is 0.182. The molecule has 2 N–H and O–H groups in total. The van der Waals surface area contributed by atoms with Gasteiger partial charge in [0.25, 0.3) is 0 Å². The van der Waals surface area contributed by atoms with Gasteiger partial charge in [0, 0.05) is 56.3 Å². The van der Waals surface area contributed by atoms with E-state index in [1.807, 2.05) is 25.1 Å². The van der Waals surface area contributed by atoms with Crippen molar-refractivity contribution in [3.63, 3.8) is 0 Å². The van der Waals surface area contributed by atoms with Crippen LogP contribution in [0, 0.1) is 12.8 Å². The fourth-order valence-electron chi connectivity index (χ4n) is 3.03. The number of guanidine groups is 1. The third kappa shape index (κ3) is 9.50. The van der Waals surface area contributed by atoms with Crippen molar-refractivity contribution in [2.45, 2.75) is 40.0 Å². The fourth-order valence-corrected chi connectivity index (χ4v) is 3.67. The maximum absolute atomic E-state index is 5.81. The standard InChI is InChI=1S/C23H34N4O3S.HI/c1-17(2)15-28-11-4-9-24-23(25-10-8-20-16-31-18(3)26-20)27-19-6-7-21-22(14-19)30-13-5-12-29-21;/h6-7,14,16-17H,4-5,8-13,15H2,1-3H3,(H2,24,25,27);1H. The van der Waals surface area contributed by atoms with E-state index in [2.05, 4.69) is 34.8 Å². The molecule has 0 aliphatic carbocycles. The Morgan fingerprint density at radius 1 is 1.25 bits per heavy atom. The van der Waals surface area contributed by atoms with Gasteiger partial charge in [-0.1, -0.05) is 13.8 Å². The van der Waals surface area contributed by atoms with Gasteiger partial charge in [-0.3, -0.25) is 4.99 Å². The van der Waals surface area contributed by atoms with Gasteiger partial charge in [-0.05, 0) is 31.4 Å². The van der Waals surface area contributed by atoms with Crippen LogP contribution in [0.4, 0.5) is 5.69 Å². The number of anilines is 1. The number of halogens is 1. The van der Waals surface area contributed by atoms with Crippen LogP contribution in [0.15, 0.2) is 28.6 Å². The molecule has 178 valence electrons. The molecule has 0 saturated carbocycles. The summed E-state index contributed by atoms with van der Waals surface area (Å²) in [5, 5.41) is 10.0. The van der Waals surface area contributed by atoms with Crippen LogP contribution in [0.2, 0.25) is 0 Å². The summed E-state index contributed by atoms with van der Waals surface area (Å²) >= 11 is 1.68. The van der Waals surface area contributed by atoms with Crippen LogP contribution in [0.5, 0.6) is 11.5 Å². The molecule has 2 aromatic rings. The van der Waals surface area contributed by atoms with Crippen LogP contribution in [-0.2, 0) is 11.2 Å². The first-order valence-electron chi connectivity index (χ1n) is 11.0. The number of aryl methyl sites for hydroxylation is 1. The van der Waals surface area contributed by atoms with Gasteiger partial charge in [-0.25, -0.2) is 4.98 Å². The van der Waals surface area contributed by atoms with Gasteiger partial charge in [0.2, 0.25) is 0 Å². The summed E-state index contributed by atoms with van der Waals surface area (Å²) in [5.41, 5.74) is 2.02. The molecule has 1 aliphatic heterocycles. The number of benzene rings is 1. The van der Waals surface area contributed by atoms with Crippen LogP contribution < -0.4 is 20.1 Å². The SMILES string of the molecule is Cc1nc(CCNC(=NCCCOCC(C)C)Nc2ccc3c(c2)OCCCO3)cs1.I. The molecule has 1 aromatic carbocycles. The Hall–Kier alpha value is -1.59. The Balaban J connectivity index is 0.00000363. The van der Waals surface area contributed by atoms with E-state index in [1.54, 1.807) is 11.3 Å². The van der Waals surface area contributed by atoms with Gasteiger partial charge >= 0.3 is 0 Å². The zero-order chi connectivity index (χ0) is 21.9. The lowest BCUT2D eigenvalue weighted by Crippen LogP contribution is -2.32. The maximum atomic E-state index is 5.81. The molecule has 9 heteroatoms. The number of fused-ring (bicyclic) bond motifs is 1. The normalized spacial score (nSPS) is 13.4. The molecule has 2 heterocycles. The monoisotopic (exact) mass is 574 g/mol. The highest BCUT2D eigenvalue weighted by Crippen LogP contribution is 2.32. The molecular formula is C23H35IN4O3S. The summed E-state index contributed by atoms with van der Waals surface area (Å²) in [6.07, 6.45) is 2.62. The fraction of sp³-hybridized carbons (Fsp3) is 0.565. The Kier molecular flexibility index (Phi) is 12.1. The van der Waals surface area contributed by atoms with Crippen molar-refractivity contribution in [1.29, 1.82) is 0 Å². The van der Waals surface area contributed by atoms with Gasteiger partial charge in [0.1, 0.15) is 0 Å². The summed E-state index contributed by atoms with van der Waals surface area (Å²) in [7, 11) is 0. The second-order valence-corrected chi connectivity index (χ2v) is 8.99. The van der Waals surface area contributed by atoms with Gasteiger partial charge in [0.05, 0.1) is 23.9 Å². The first-order chi connectivity index (χ1) is 15.1. The molecule has 0 bridgehead atoms. The molecule has 0 spiro atoms. The minimum atomic E-state index is 0. The number of rotatable bonds is 10. The maximum Gasteiger partial charge on any atom is 0.195 e. The van der Waals surface area contributed by atoms with Crippen LogP contribution >= 0.6 is 35.3 Å². The number of hydrogen-bond donors (Lipinski definition) is 2. The zero-order valence-corrected chi connectivity index (χ0v) is 22.3. The van der Waals surface area contributed by atoms with Crippen LogP contribution in [0.1, 0.15) is 37.4 Å². The van der Waals surface area contributed by atoms with Gasteiger partial charge < -0.3 is 24.8 Å². The average Bonchev–Trinajstić information content (AvgIpc) is 3.01. The van der Waals surface area contributed by atoms with Crippen molar-refractivity contribution in [2.24, 2.45) is 10.9 Å². The zero-order valence-electron chi connectivity index (χ0n) is 19.2. The largest absolute Gasteiger partial charge is 0.490 e. The van der Waals surface area contributed by atoms with E-state index in [-0.39, 0.29) is 24.0 Å². The average molecular weight is 575 g/mol. The van der Waals surface area contributed by atoms with Crippen LogP contribution in [0.25, 0.3) is 0 Å². The number of nitrogens with zero attached hydrogens (tertiary/aromatic N) is 2. The van der Waals surface area contributed by atoms with E-state index in [9.17, 15) is 0 Å². The molecule has 1 aliphatic rings. The number of thiazole rings is 1.